The summed E-state index contributed by atoms with van der Waals surface area (Å²) < 4.78 is 0. The number of nitro groups is 1. The summed E-state index contributed by atoms with van der Waals surface area (Å²) in [4.78, 5) is 40.0. The van der Waals surface area contributed by atoms with Crippen LogP contribution < -0.4 is 0 Å². The van der Waals surface area contributed by atoms with Crippen molar-refractivity contribution in [2.75, 3.05) is 26.7 Å². The van der Waals surface area contributed by atoms with Gasteiger partial charge in [-0.2, -0.15) is 0 Å². The van der Waals surface area contributed by atoms with E-state index in [1.165, 1.54) is 23.9 Å². The number of rotatable bonds is 8. The summed E-state index contributed by atoms with van der Waals surface area (Å²) in [5.74, 6) is 0.242. The lowest BCUT2D eigenvalue weighted by atomic mass is 9.95. The van der Waals surface area contributed by atoms with E-state index >= 15 is 0 Å². The molecule has 1 aromatic carbocycles. The van der Waals surface area contributed by atoms with Gasteiger partial charge < -0.3 is 9.80 Å². The van der Waals surface area contributed by atoms with Crippen LogP contribution in [0.5, 0.6) is 0 Å². The molecule has 0 bridgehead atoms. The summed E-state index contributed by atoms with van der Waals surface area (Å²) in [6, 6.07) is 6.24. The Morgan fingerprint density at radius 2 is 1.89 bits per heavy atom. The zero-order chi connectivity index (χ0) is 20.7. The fourth-order valence-corrected chi connectivity index (χ4v) is 4.27. The molecule has 1 saturated heterocycles. The number of carbonyl (C=O) groups is 2. The molecule has 7 nitrogen and oxygen atoms in total. The van der Waals surface area contributed by atoms with Crippen molar-refractivity contribution in [2.24, 2.45) is 5.92 Å². The van der Waals surface area contributed by atoms with Crippen molar-refractivity contribution in [3.8, 4) is 0 Å². The van der Waals surface area contributed by atoms with Gasteiger partial charge in [-0.05, 0) is 38.3 Å². The van der Waals surface area contributed by atoms with Crippen molar-refractivity contribution in [3.63, 3.8) is 0 Å². The van der Waals surface area contributed by atoms with Gasteiger partial charge in [0.1, 0.15) is 0 Å². The molecular formula is C20H29N3O4S. The highest BCUT2D eigenvalue weighted by Crippen LogP contribution is 2.28. The van der Waals surface area contributed by atoms with Gasteiger partial charge >= 0.3 is 0 Å². The van der Waals surface area contributed by atoms with Crippen LogP contribution in [0.4, 0.5) is 5.69 Å². The standard InChI is InChI=1S/C20H29N3O4S/c1-4-5-12-21(3)20(25)16-10-13-22(14-11-16)19(24)15(2)28-18-8-6-17(7-9-18)23(26)27/h6-9,15-16H,4-5,10-14H2,1-3H3. The van der Waals surface area contributed by atoms with Crippen molar-refractivity contribution < 1.29 is 14.5 Å². The van der Waals surface area contributed by atoms with E-state index in [9.17, 15) is 19.7 Å². The van der Waals surface area contributed by atoms with E-state index in [1.54, 1.807) is 12.1 Å². The summed E-state index contributed by atoms with van der Waals surface area (Å²) in [6.45, 7) is 5.95. The number of amides is 2. The van der Waals surface area contributed by atoms with Crippen LogP contribution in [0, 0.1) is 16.0 Å². The molecule has 0 N–H and O–H groups in total. The molecule has 154 valence electrons. The largest absolute Gasteiger partial charge is 0.346 e. The second kappa shape index (κ2) is 10.5. The number of hydrogen-bond donors (Lipinski definition) is 0. The van der Waals surface area contributed by atoms with E-state index in [-0.39, 0.29) is 28.7 Å². The molecule has 0 aromatic heterocycles. The fraction of sp³-hybridized carbons (Fsp3) is 0.600. The first kappa shape index (κ1) is 22.2. The minimum Gasteiger partial charge on any atom is -0.346 e. The zero-order valence-corrected chi connectivity index (χ0v) is 17.6. The minimum atomic E-state index is -0.436. The van der Waals surface area contributed by atoms with Crippen molar-refractivity contribution >= 4 is 29.3 Å². The van der Waals surface area contributed by atoms with Gasteiger partial charge in [0.2, 0.25) is 11.8 Å². The highest BCUT2D eigenvalue weighted by Gasteiger charge is 2.30. The summed E-state index contributed by atoms with van der Waals surface area (Å²) in [5.41, 5.74) is 0.0407. The number of nitrogens with zero attached hydrogens (tertiary/aromatic N) is 3. The van der Waals surface area contributed by atoms with Gasteiger partial charge in [0.05, 0.1) is 10.2 Å². The summed E-state index contributed by atoms with van der Waals surface area (Å²) in [5, 5.41) is 10.5. The Bertz CT molecular complexity index is 687. The Hall–Kier alpha value is -2.09. The van der Waals surface area contributed by atoms with Gasteiger partial charge in [0, 0.05) is 49.6 Å². The van der Waals surface area contributed by atoms with Gasteiger partial charge in [0.15, 0.2) is 0 Å². The lowest BCUT2D eigenvalue weighted by Gasteiger charge is -2.34. The van der Waals surface area contributed by atoms with Crippen LogP contribution in [0.3, 0.4) is 0 Å². The third kappa shape index (κ3) is 5.95. The van der Waals surface area contributed by atoms with Crippen LogP contribution in [0.2, 0.25) is 0 Å². The third-order valence-corrected chi connectivity index (χ3v) is 6.19. The smallest absolute Gasteiger partial charge is 0.269 e. The van der Waals surface area contributed by atoms with Crippen LogP contribution in [0.25, 0.3) is 0 Å². The summed E-state index contributed by atoms with van der Waals surface area (Å²) >= 11 is 1.40. The van der Waals surface area contributed by atoms with E-state index in [0.717, 1.165) is 24.3 Å². The predicted octanol–water partition coefficient (Wildman–Crippen LogP) is 3.57. The Balaban J connectivity index is 1.83. The molecule has 1 aromatic rings. The molecule has 1 fully saturated rings. The van der Waals surface area contributed by atoms with Crippen LogP contribution in [-0.2, 0) is 9.59 Å². The SMILES string of the molecule is CCCCN(C)C(=O)C1CCN(C(=O)C(C)Sc2ccc([N+](=O)[O-])cc2)CC1. The third-order valence-electron chi connectivity index (χ3n) is 5.09. The first-order valence-corrected chi connectivity index (χ1v) is 10.7. The molecular weight excluding hydrogens is 378 g/mol. The van der Waals surface area contributed by atoms with E-state index in [0.29, 0.717) is 25.9 Å². The predicted molar refractivity (Wildman–Crippen MR) is 110 cm³/mol. The molecule has 2 amide bonds. The summed E-state index contributed by atoms with van der Waals surface area (Å²) in [6.07, 6.45) is 3.48. The molecule has 0 radical (unpaired) electrons. The Kier molecular flexibility index (Phi) is 8.29. The number of benzene rings is 1. The average Bonchev–Trinajstić information content (AvgIpc) is 2.71. The quantitative estimate of drug-likeness (QED) is 0.374. The molecule has 0 saturated carbocycles. The normalized spacial score (nSPS) is 15.9. The monoisotopic (exact) mass is 407 g/mol. The second-order valence-electron chi connectivity index (χ2n) is 7.22. The van der Waals surface area contributed by atoms with Crippen molar-refractivity contribution in [1.29, 1.82) is 0 Å². The van der Waals surface area contributed by atoms with Crippen LogP contribution in [0.1, 0.15) is 39.5 Å². The maximum absolute atomic E-state index is 12.7. The van der Waals surface area contributed by atoms with E-state index in [4.69, 9.17) is 0 Å². The Labute approximate surface area is 170 Å². The lowest BCUT2D eigenvalue weighted by molar-refractivity contribution is -0.384. The number of nitro benzene ring substituents is 1. The van der Waals surface area contributed by atoms with Gasteiger partial charge in [-0.3, -0.25) is 19.7 Å². The van der Waals surface area contributed by atoms with E-state index < -0.39 is 4.92 Å². The highest BCUT2D eigenvalue weighted by atomic mass is 32.2. The number of hydrogen-bond acceptors (Lipinski definition) is 5. The lowest BCUT2D eigenvalue weighted by Crippen LogP contribution is -2.45. The van der Waals surface area contributed by atoms with E-state index in [1.807, 2.05) is 23.8 Å². The molecule has 1 heterocycles. The summed E-state index contributed by atoms with van der Waals surface area (Å²) in [7, 11) is 1.86. The molecule has 1 atom stereocenters. The molecule has 0 spiro atoms. The number of unbranched alkanes of at least 4 members (excludes halogenated alkanes) is 1. The van der Waals surface area contributed by atoms with Crippen LogP contribution in [-0.4, -0.2) is 58.5 Å². The maximum atomic E-state index is 12.7. The minimum absolute atomic E-state index is 0.00328. The first-order chi connectivity index (χ1) is 13.3. The first-order valence-electron chi connectivity index (χ1n) is 9.78. The molecule has 1 aliphatic rings. The molecule has 1 aliphatic heterocycles. The molecule has 2 rings (SSSR count). The number of thioether (sulfide) groups is 1. The Morgan fingerprint density at radius 1 is 1.29 bits per heavy atom. The number of piperidine rings is 1. The molecule has 0 aliphatic carbocycles. The number of carbonyl (C=O) groups excluding carboxylic acids is 2. The van der Waals surface area contributed by atoms with Gasteiger partial charge in [-0.25, -0.2) is 0 Å². The van der Waals surface area contributed by atoms with Gasteiger partial charge in [-0.15, -0.1) is 11.8 Å². The number of likely N-dealkylation sites (tertiary alicyclic amines) is 1. The molecule has 28 heavy (non-hydrogen) atoms. The van der Waals surface area contributed by atoms with Crippen molar-refractivity contribution in [2.45, 2.75) is 49.7 Å². The van der Waals surface area contributed by atoms with Crippen LogP contribution in [0.15, 0.2) is 29.2 Å². The van der Waals surface area contributed by atoms with Crippen molar-refractivity contribution in [3.05, 3.63) is 34.4 Å². The fourth-order valence-electron chi connectivity index (χ4n) is 3.32. The maximum Gasteiger partial charge on any atom is 0.269 e. The molecule has 1 unspecified atom stereocenters. The van der Waals surface area contributed by atoms with Gasteiger partial charge in [-0.1, -0.05) is 13.3 Å². The number of non-ortho nitro benzene ring substituents is 1. The zero-order valence-electron chi connectivity index (χ0n) is 16.8. The van der Waals surface area contributed by atoms with E-state index in [2.05, 4.69) is 6.92 Å². The van der Waals surface area contributed by atoms with Gasteiger partial charge in [0.25, 0.3) is 5.69 Å². The van der Waals surface area contributed by atoms with Crippen molar-refractivity contribution in [1.82, 2.24) is 9.80 Å². The van der Waals surface area contributed by atoms with Crippen LogP contribution >= 0.6 is 11.8 Å². The molecule has 8 heteroatoms. The topological polar surface area (TPSA) is 83.8 Å². The highest BCUT2D eigenvalue weighted by molar-refractivity contribution is 8.00. The Morgan fingerprint density at radius 3 is 2.43 bits per heavy atom. The average molecular weight is 408 g/mol. The second-order valence-corrected chi connectivity index (χ2v) is 8.64.